The van der Waals surface area contributed by atoms with Gasteiger partial charge in [0.2, 0.25) is 0 Å². The van der Waals surface area contributed by atoms with Crippen molar-refractivity contribution in [3.63, 3.8) is 0 Å². The zero-order chi connectivity index (χ0) is 22.1. The van der Waals surface area contributed by atoms with Crippen LogP contribution in [0, 0.1) is 5.92 Å². The van der Waals surface area contributed by atoms with E-state index in [1.54, 1.807) is 67.5 Å². The topological polar surface area (TPSA) is 90.9 Å². The van der Waals surface area contributed by atoms with Crippen LogP contribution in [-0.2, 0) is 23.8 Å². The van der Waals surface area contributed by atoms with Gasteiger partial charge >= 0.3 is 18.0 Å². The number of carbonyl (C=O) groups excluding carboxylic acids is 3. The van der Waals surface area contributed by atoms with E-state index < -0.39 is 41.2 Å². The van der Waals surface area contributed by atoms with Crippen molar-refractivity contribution in [2.24, 2.45) is 5.92 Å². The standard InChI is InChI=1S/C21H35NO6/c1-10-12-15(17(23)26-14(3)11-2)13-16(18(24)27-20(4,5)6)22-19(25)28-21(7,8)9/h10-11,15-16H,1,12-13H2,2-9H3,(H,22,25)/b14-11-/t15-,16-/m0/s1. The quantitative estimate of drug-likeness (QED) is 0.285. The van der Waals surface area contributed by atoms with Crippen molar-refractivity contribution in [3.8, 4) is 0 Å². The predicted octanol–water partition coefficient (Wildman–Crippen LogP) is 4.27. The van der Waals surface area contributed by atoms with Crippen LogP contribution in [0.25, 0.3) is 0 Å². The molecule has 0 aromatic heterocycles. The summed E-state index contributed by atoms with van der Waals surface area (Å²) in [6, 6.07) is -1.07. The first-order chi connectivity index (χ1) is 12.7. The Hall–Kier alpha value is -2.31. The van der Waals surface area contributed by atoms with Crippen LogP contribution < -0.4 is 5.32 Å². The molecule has 0 rings (SSSR count). The monoisotopic (exact) mass is 397 g/mol. The van der Waals surface area contributed by atoms with Gasteiger partial charge < -0.3 is 19.5 Å². The lowest BCUT2D eigenvalue weighted by Crippen LogP contribution is -2.47. The molecule has 0 aliphatic rings. The maximum absolute atomic E-state index is 12.6. The lowest BCUT2D eigenvalue weighted by molar-refractivity contribution is -0.158. The second-order valence-electron chi connectivity index (χ2n) is 8.51. The van der Waals surface area contributed by atoms with Gasteiger partial charge in [-0.15, -0.1) is 6.58 Å². The summed E-state index contributed by atoms with van der Waals surface area (Å²) < 4.78 is 15.9. The van der Waals surface area contributed by atoms with Crippen molar-refractivity contribution < 1.29 is 28.6 Å². The average Bonchev–Trinajstić information content (AvgIpc) is 2.49. The highest BCUT2D eigenvalue weighted by molar-refractivity contribution is 5.83. The Labute approximate surface area is 168 Å². The van der Waals surface area contributed by atoms with Crippen LogP contribution >= 0.6 is 0 Å². The highest BCUT2D eigenvalue weighted by Crippen LogP contribution is 2.19. The summed E-state index contributed by atoms with van der Waals surface area (Å²) in [6.07, 6.45) is 2.74. The van der Waals surface area contributed by atoms with Crippen LogP contribution in [0.3, 0.4) is 0 Å². The molecule has 0 aromatic carbocycles. The van der Waals surface area contributed by atoms with E-state index in [1.165, 1.54) is 0 Å². The third-order valence-corrected chi connectivity index (χ3v) is 3.36. The Bertz CT molecular complexity index is 595. The van der Waals surface area contributed by atoms with Gasteiger partial charge in [0.1, 0.15) is 23.0 Å². The number of rotatable bonds is 8. The molecule has 0 saturated heterocycles. The zero-order valence-corrected chi connectivity index (χ0v) is 18.4. The fourth-order valence-corrected chi connectivity index (χ4v) is 2.11. The summed E-state index contributed by atoms with van der Waals surface area (Å²) >= 11 is 0. The molecule has 28 heavy (non-hydrogen) atoms. The molecular formula is C21H35NO6. The fraction of sp³-hybridized carbons (Fsp3) is 0.667. The molecular weight excluding hydrogens is 362 g/mol. The van der Waals surface area contributed by atoms with Crippen molar-refractivity contribution in [2.45, 2.75) is 85.5 Å². The second kappa shape index (κ2) is 10.9. The fourth-order valence-electron chi connectivity index (χ4n) is 2.11. The molecule has 0 saturated carbocycles. The van der Waals surface area contributed by atoms with E-state index in [0.717, 1.165) is 0 Å². The summed E-state index contributed by atoms with van der Waals surface area (Å²) in [7, 11) is 0. The van der Waals surface area contributed by atoms with Gasteiger partial charge in [-0.1, -0.05) is 6.08 Å². The molecule has 0 spiro atoms. The lowest BCUT2D eigenvalue weighted by atomic mass is 9.96. The van der Waals surface area contributed by atoms with E-state index in [4.69, 9.17) is 14.2 Å². The predicted molar refractivity (Wildman–Crippen MR) is 107 cm³/mol. The van der Waals surface area contributed by atoms with Crippen LogP contribution in [0.4, 0.5) is 4.79 Å². The first-order valence-corrected chi connectivity index (χ1v) is 9.36. The first kappa shape index (κ1) is 25.7. The van der Waals surface area contributed by atoms with E-state index in [1.807, 2.05) is 0 Å². The third-order valence-electron chi connectivity index (χ3n) is 3.36. The Morgan fingerprint density at radius 3 is 1.96 bits per heavy atom. The number of hydrogen-bond donors (Lipinski definition) is 1. The molecule has 7 heteroatoms. The molecule has 0 fully saturated rings. The smallest absolute Gasteiger partial charge is 0.408 e. The van der Waals surface area contributed by atoms with Crippen LogP contribution in [0.5, 0.6) is 0 Å². The van der Waals surface area contributed by atoms with Crippen molar-refractivity contribution in [3.05, 3.63) is 24.5 Å². The molecule has 0 radical (unpaired) electrons. The number of amides is 1. The summed E-state index contributed by atoms with van der Waals surface area (Å²) in [6.45, 7) is 17.4. The molecule has 1 N–H and O–H groups in total. The Morgan fingerprint density at radius 2 is 1.54 bits per heavy atom. The Kier molecular flexibility index (Phi) is 9.98. The molecule has 2 atom stereocenters. The minimum Gasteiger partial charge on any atom is -0.458 e. The highest BCUT2D eigenvalue weighted by Gasteiger charge is 2.33. The summed E-state index contributed by atoms with van der Waals surface area (Å²) in [5, 5.41) is 2.51. The van der Waals surface area contributed by atoms with Crippen LogP contribution in [0.2, 0.25) is 0 Å². The molecule has 0 aliphatic carbocycles. The molecule has 0 aliphatic heterocycles. The minimum absolute atomic E-state index is 0.00396. The van der Waals surface area contributed by atoms with E-state index in [-0.39, 0.29) is 12.8 Å². The number of alkyl carbamates (subject to hydrolysis) is 1. The zero-order valence-electron chi connectivity index (χ0n) is 18.4. The van der Waals surface area contributed by atoms with Crippen molar-refractivity contribution >= 4 is 18.0 Å². The van der Waals surface area contributed by atoms with Gasteiger partial charge in [-0.05, 0) is 74.3 Å². The number of nitrogens with one attached hydrogen (secondary N) is 1. The van der Waals surface area contributed by atoms with Gasteiger partial charge in [0, 0.05) is 0 Å². The number of ether oxygens (including phenoxy) is 3. The molecule has 0 unspecified atom stereocenters. The molecule has 7 nitrogen and oxygen atoms in total. The summed E-state index contributed by atoms with van der Waals surface area (Å²) in [5.74, 6) is -1.38. The van der Waals surface area contributed by atoms with Crippen LogP contribution in [0.1, 0.15) is 68.2 Å². The van der Waals surface area contributed by atoms with E-state index >= 15 is 0 Å². The van der Waals surface area contributed by atoms with Crippen molar-refractivity contribution in [1.82, 2.24) is 5.32 Å². The normalized spacial score (nSPS) is 14.5. The maximum atomic E-state index is 12.6. The Balaban J connectivity index is 5.48. The van der Waals surface area contributed by atoms with E-state index in [2.05, 4.69) is 11.9 Å². The van der Waals surface area contributed by atoms with Gasteiger partial charge in [-0.2, -0.15) is 0 Å². The van der Waals surface area contributed by atoms with E-state index in [9.17, 15) is 14.4 Å². The third kappa shape index (κ3) is 11.4. The minimum atomic E-state index is -1.07. The molecule has 0 bridgehead atoms. The second-order valence-corrected chi connectivity index (χ2v) is 8.51. The average molecular weight is 398 g/mol. The largest absolute Gasteiger partial charge is 0.458 e. The number of hydrogen-bond acceptors (Lipinski definition) is 6. The number of esters is 2. The lowest BCUT2D eigenvalue weighted by Gasteiger charge is -2.27. The van der Waals surface area contributed by atoms with E-state index in [0.29, 0.717) is 5.76 Å². The van der Waals surface area contributed by atoms with Crippen molar-refractivity contribution in [2.75, 3.05) is 0 Å². The van der Waals surface area contributed by atoms with Crippen LogP contribution in [-0.4, -0.2) is 35.3 Å². The molecule has 1 amide bonds. The highest BCUT2D eigenvalue weighted by atomic mass is 16.6. The molecule has 0 aromatic rings. The SMILES string of the molecule is C=CC[C@@H](C[C@H](NC(=O)OC(C)(C)C)C(=O)OC(C)(C)C)C(=O)O/C(C)=C\C. The van der Waals surface area contributed by atoms with Gasteiger partial charge in [0.25, 0.3) is 0 Å². The number of allylic oxidation sites excluding steroid dienone is 3. The number of carbonyl (C=O) groups is 3. The first-order valence-electron chi connectivity index (χ1n) is 9.36. The van der Waals surface area contributed by atoms with Gasteiger partial charge in [0.05, 0.1) is 5.92 Å². The summed E-state index contributed by atoms with van der Waals surface area (Å²) in [5.41, 5.74) is -1.48. The summed E-state index contributed by atoms with van der Waals surface area (Å²) in [4.78, 5) is 37.3. The Morgan fingerprint density at radius 1 is 1.00 bits per heavy atom. The van der Waals surface area contributed by atoms with Gasteiger partial charge in [-0.3, -0.25) is 4.79 Å². The van der Waals surface area contributed by atoms with Gasteiger partial charge in [-0.25, -0.2) is 9.59 Å². The van der Waals surface area contributed by atoms with Gasteiger partial charge in [0.15, 0.2) is 0 Å². The van der Waals surface area contributed by atoms with Crippen LogP contribution in [0.15, 0.2) is 24.5 Å². The molecule has 160 valence electrons. The molecule has 0 heterocycles. The maximum Gasteiger partial charge on any atom is 0.408 e. The van der Waals surface area contributed by atoms with Crippen molar-refractivity contribution in [1.29, 1.82) is 0 Å².